The third kappa shape index (κ3) is 4.72. The topological polar surface area (TPSA) is 61.1 Å². The summed E-state index contributed by atoms with van der Waals surface area (Å²) in [5.74, 6) is 0. The molecule has 0 aliphatic carbocycles. The summed E-state index contributed by atoms with van der Waals surface area (Å²) in [6.07, 6.45) is 9.58. The highest BCUT2D eigenvalue weighted by molar-refractivity contribution is 5.66. The van der Waals surface area contributed by atoms with Crippen LogP contribution in [0.4, 0.5) is 0 Å². The van der Waals surface area contributed by atoms with E-state index >= 15 is 0 Å². The third-order valence-corrected chi connectivity index (χ3v) is 2.68. The Hall–Kier alpha value is -0.410. The van der Waals surface area contributed by atoms with Crippen LogP contribution in [0.2, 0.25) is 0 Å². The average molecular weight is 202 g/mol. The summed E-state index contributed by atoms with van der Waals surface area (Å²) in [4.78, 5) is 10.5. The molecule has 3 nitrogen and oxygen atoms in total. The summed E-state index contributed by atoms with van der Waals surface area (Å²) in [6, 6.07) is 0. The van der Waals surface area contributed by atoms with E-state index in [9.17, 15) is 4.79 Å². The lowest BCUT2D eigenvalue weighted by Gasteiger charge is -2.02. The molecule has 1 aliphatic rings. The first-order valence-electron chi connectivity index (χ1n) is 5.43. The largest absolute Gasteiger partial charge is 0.412 e. The zero-order valence-electron chi connectivity index (χ0n) is 9.05. The number of aldehydes is 1. The lowest BCUT2D eigenvalue weighted by molar-refractivity contribution is -0.112. The van der Waals surface area contributed by atoms with Crippen molar-refractivity contribution in [3.05, 3.63) is 0 Å². The number of hydrogen-bond acceptors (Lipinski definition) is 2. The van der Waals surface area contributed by atoms with Crippen molar-refractivity contribution in [1.82, 2.24) is 0 Å². The van der Waals surface area contributed by atoms with Crippen molar-refractivity contribution in [1.29, 1.82) is 0 Å². The van der Waals surface area contributed by atoms with Gasteiger partial charge in [-0.3, -0.25) is 0 Å². The quantitative estimate of drug-likeness (QED) is 0.343. The van der Waals surface area contributed by atoms with Crippen molar-refractivity contribution < 1.29 is 15.0 Å². The molecule has 0 aromatic carbocycles. The molecule has 1 fully saturated rings. The van der Waals surface area contributed by atoms with Gasteiger partial charge in [-0.05, 0) is 6.42 Å². The number of carbonyl (C=O) groups is 1. The SMILES string of the molecule is CCCCCCCCC1(C=O)CO1.O. The molecule has 0 radical (unpaired) electrons. The number of carbonyl (C=O) groups excluding carboxylic acids is 1. The van der Waals surface area contributed by atoms with Gasteiger partial charge < -0.3 is 15.0 Å². The van der Waals surface area contributed by atoms with E-state index < -0.39 is 0 Å². The molecule has 14 heavy (non-hydrogen) atoms. The zero-order valence-corrected chi connectivity index (χ0v) is 9.05. The minimum absolute atomic E-state index is 0. The van der Waals surface area contributed by atoms with E-state index in [1.54, 1.807) is 0 Å². The molecule has 84 valence electrons. The molecule has 1 unspecified atom stereocenters. The van der Waals surface area contributed by atoms with Gasteiger partial charge in [-0.15, -0.1) is 0 Å². The molecule has 1 saturated heterocycles. The van der Waals surface area contributed by atoms with Gasteiger partial charge in [0.2, 0.25) is 0 Å². The summed E-state index contributed by atoms with van der Waals surface area (Å²) < 4.78 is 5.10. The van der Waals surface area contributed by atoms with Gasteiger partial charge in [-0.1, -0.05) is 45.4 Å². The molecule has 2 N–H and O–H groups in total. The average Bonchev–Trinajstić information content (AvgIpc) is 2.92. The Morgan fingerprint density at radius 2 is 1.79 bits per heavy atom. The molecular weight excluding hydrogens is 180 g/mol. The highest BCUT2D eigenvalue weighted by atomic mass is 16.6. The predicted octanol–water partition coefficient (Wildman–Crippen LogP) is 1.88. The molecule has 0 bridgehead atoms. The fourth-order valence-electron chi connectivity index (χ4n) is 1.57. The van der Waals surface area contributed by atoms with Crippen LogP contribution in [0.3, 0.4) is 0 Å². The van der Waals surface area contributed by atoms with E-state index in [1.807, 2.05) is 0 Å². The van der Waals surface area contributed by atoms with Gasteiger partial charge in [0.1, 0.15) is 5.60 Å². The molecular formula is C11H22O3. The van der Waals surface area contributed by atoms with E-state index in [-0.39, 0.29) is 11.1 Å². The van der Waals surface area contributed by atoms with Crippen molar-refractivity contribution in [2.45, 2.75) is 57.5 Å². The molecule has 1 heterocycles. The lowest BCUT2D eigenvalue weighted by Crippen LogP contribution is -2.11. The normalized spacial score (nSPS) is 24.1. The van der Waals surface area contributed by atoms with Crippen molar-refractivity contribution in [3.8, 4) is 0 Å². The highest BCUT2D eigenvalue weighted by Crippen LogP contribution is 2.30. The van der Waals surface area contributed by atoms with Crippen molar-refractivity contribution in [2.24, 2.45) is 0 Å². The molecule has 3 heteroatoms. The maximum absolute atomic E-state index is 10.5. The summed E-state index contributed by atoms with van der Waals surface area (Å²) in [5, 5.41) is 0. The monoisotopic (exact) mass is 202 g/mol. The number of rotatable bonds is 8. The summed E-state index contributed by atoms with van der Waals surface area (Å²) in [6.45, 7) is 2.88. The third-order valence-electron chi connectivity index (χ3n) is 2.68. The van der Waals surface area contributed by atoms with E-state index in [4.69, 9.17) is 4.74 Å². The van der Waals surface area contributed by atoms with E-state index in [0.29, 0.717) is 6.61 Å². The molecule has 0 aromatic heterocycles. The Morgan fingerprint density at radius 3 is 2.29 bits per heavy atom. The Labute approximate surface area is 86.1 Å². The maximum Gasteiger partial charge on any atom is 0.154 e. The van der Waals surface area contributed by atoms with Crippen LogP contribution in [-0.2, 0) is 9.53 Å². The van der Waals surface area contributed by atoms with Crippen LogP contribution in [0.5, 0.6) is 0 Å². The number of ether oxygens (including phenoxy) is 1. The van der Waals surface area contributed by atoms with Crippen LogP contribution >= 0.6 is 0 Å². The first kappa shape index (κ1) is 13.6. The molecule has 1 aliphatic heterocycles. The summed E-state index contributed by atoms with van der Waals surface area (Å²) in [5.41, 5.74) is -0.343. The fourth-order valence-corrected chi connectivity index (χ4v) is 1.57. The van der Waals surface area contributed by atoms with Gasteiger partial charge >= 0.3 is 0 Å². The van der Waals surface area contributed by atoms with Gasteiger partial charge in [0.15, 0.2) is 6.29 Å². The second-order valence-corrected chi connectivity index (χ2v) is 3.99. The van der Waals surface area contributed by atoms with Crippen LogP contribution in [0.15, 0.2) is 0 Å². The number of hydrogen-bond donors (Lipinski definition) is 0. The van der Waals surface area contributed by atoms with Crippen LogP contribution in [0, 0.1) is 0 Å². The second-order valence-electron chi connectivity index (χ2n) is 3.99. The predicted molar refractivity (Wildman–Crippen MR) is 56.4 cm³/mol. The number of epoxide rings is 1. The van der Waals surface area contributed by atoms with Gasteiger partial charge in [0, 0.05) is 0 Å². The molecule has 1 atom stereocenters. The van der Waals surface area contributed by atoms with Crippen LogP contribution < -0.4 is 0 Å². The smallest absolute Gasteiger partial charge is 0.154 e. The minimum Gasteiger partial charge on any atom is -0.412 e. The standard InChI is InChI=1S/C11H20O2.H2O/c1-2-3-4-5-6-7-8-11(9-12)10-13-11;/h9H,2-8,10H2,1H3;1H2. The molecule has 0 saturated carbocycles. The Balaban J connectivity index is 0.00000169. The highest BCUT2D eigenvalue weighted by Gasteiger charge is 2.43. The Kier molecular flexibility index (Phi) is 6.75. The molecule has 0 spiro atoms. The maximum atomic E-state index is 10.5. The van der Waals surface area contributed by atoms with Crippen molar-refractivity contribution >= 4 is 6.29 Å². The first-order valence-corrected chi connectivity index (χ1v) is 5.43. The van der Waals surface area contributed by atoms with Crippen LogP contribution in [0.25, 0.3) is 0 Å². The second kappa shape index (κ2) is 6.96. The van der Waals surface area contributed by atoms with E-state index in [0.717, 1.165) is 19.1 Å². The van der Waals surface area contributed by atoms with Gasteiger partial charge in [-0.2, -0.15) is 0 Å². The summed E-state index contributed by atoms with van der Waals surface area (Å²) in [7, 11) is 0. The van der Waals surface area contributed by atoms with Gasteiger partial charge in [0.05, 0.1) is 6.61 Å². The van der Waals surface area contributed by atoms with Gasteiger partial charge in [-0.25, -0.2) is 0 Å². The Bertz CT molecular complexity index is 153. The fraction of sp³-hybridized carbons (Fsp3) is 0.909. The van der Waals surface area contributed by atoms with Crippen molar-refractivity contribution in [3.63, 3.8) is 0 Å². The number of unbranched alkanes of at least 4 members (excludes halogenated alkanes) is 5. The molecule has 1 rings (SSSR count). The van der Waals surface area contributed by atoms with Crippen LogP contribution in [-0.4, -0.2) is 24.0 Å². The first-order chi connectivity index (χ1) is 6.33. The summed E-state index contributed by atoms with van der Waals surface area (Å²) >= 11 is 0. The molecule has 0 aromatic rings. The zero-order chi connectivity index (χ0) is 9.57. The van der Waals surface area contributed by atoms with Gasteiger partial charge in [0.25, 0.3) is 0 Å². The van der Waals surface area contributed by atoms with E-state index in [1.165, 1.54) is 32.1 Å². The Morgan fingerprint density at radius 1 is 1.21 bits per heavy atom. The minimum atomic E-state index is -0.343. The van der Waals surface area contributed by atoms with E-state index in [2.05, 4.69) is 6.92 Å². The molecule has 0 amide bonds. The van der Waals surface area contributed by atoms with Crippen molar-refractivity contribution in [2.75, 3.05) is 6.61 Å². The lowest BCUT2D eigenvalue weighted by atomic mass is 10.0. The van der Waals surface area contributed by atoms with Crippen LogP contribution in [0.1, 0.15) is 51.9 Å².